The molecule has 0 radical (unpaired) electrons. The van der Waals surface area contributed by atoms with Crippen molar-refractivity contribution in [3.05, 3.63) is 82.2 Å². The van der Waals surface area contributed by atoms with Crippen LogP contribution in [0.15, 0.2) is 69.2 Å². The number of benzene rings is 2. The van der Waals surface area contributed by atoms with Gasteiger partial charge in [-0.1, -0.05) is 35.5 Å². The molecule has 152 valence electrons. The number of rotatable bonds is 3. The lowest BCUT2D eigenvalue weighted by molar-refractivity contribution is -0.116. The van der Waals surface area contributed by atoms with Crippen molar-refractivity contribution in [1.82, 2.24) is 5.16 Å². The average molecular weight is 419 g/mol. The largest absolute Gasteiger partial charge is 0.508 e. The van der Waals surface area contributed by atoms with E-state index in [-0.39, 0.29) is 23.4 Å². The minimum Gasteiger partial charge on any atom is -0.508 e. The van der Waals surface area contributed by atoms with Gasteiger partial charge >= 0.3 is 0 Å². The molecule has 1 aliphatic heterocycles. The molecule has 2 heterocycles. The van der Waals surface area contributed by atoms with Crippen molar-refractivity contribution in [2.45, 2.75) is 36.5 Å². The zero-order chi connectivity index (χ0) is 20.8. The summed E-state index contributed by atoms with van der Waals surface area (Å²) in [7, 11) is 0. The first-order valence-corrected chi connectivity index (χ1v) is 11.2. The number of carbonyl (C=O) groups excluding carboxylic acids is 1. The van der Waals surface area contributed by atoms with Crippen LogP contribution in [0.25, 0.3) is 0 Å². The predicted molar refractivity (Wildman–Crippen MR) is 117 cm³/mol. The maximum atomic E-state index is 13.4. The second-order valence-electron chi connectivity index (χ2n) is 7.82. The molecule has 2 N–H and O–H groups in total. The Bertz CT molecular complexity index is 1160. The molecule has 3 aromatic rings. The van der Waals surface area contributed by atoms with Gasteiger partial charge in [-0.15, -0.1) is 11.8 Å². The molecule has 0 saturated carbocycles. The maximum Gasteiger partial charge on any atom is 0.233 e. The van der Waals surface area contributed by atoms with Crippen LogP contribution >= 0.6 is 11.8 Å². The smallest absolute Gasteiger partial charge is 0.233 e. The third-order valence-corrected chi connectivity index (χ3v) is 6.83. The van der Waals surface area contributed by atoms with Crippen LogP contribution in [0.3, 0.4) is 0 Å². The number of hydrogen-bond donors (Lipinski definition) is 2. The third-order valence-electron chi connectivity index (χ3n) is 6.08. The Hall–Kier alpha value is -2.99. The van der Waals surface area contributed by atoms with E-state index in [2.05, 4.69) is 34.7 Å². The number of aryl methyl sites for hydroxylation is 1. The Morgan fingerprint density at radius 2 is 1.90 bits per heavy atom. The number of para-hydroxylation sites is 1. The average Bonchev–Trinajstić information content (AvgIpc) is 3.13. The van der Waals surface area contributed by atoms with Crippen molar-refractivity contribution in [2.24, 2.45) is 0 Å². The molecule has 6 heteroatoms. The molecule has 1 aromatic heterocycles. The molecule has 0 amide bonds. The Morgan fingerprint density at radius 3 is 2.63 bits per heavy atom. The molecule has 2 atom stereocenters. The first-order chi connectivity index (χ1) is 14.6. The number of anilines is 1. The monoisotopic (exact) mass is 418 g/mol. The summed E-state index contributed by atoms with van der Waals surface area (Å²) in [6.07, 6.45) is 3.06. The Labute approximate surface area is 179 Å². The number of hydrogen-bond acceptors (Lipinski definition) is 6. The first kappa shape index (κ1) is 19.0. The van der Waals surface area contributed by atoms with Gasteiger partial charge in [-0.05, 0) is 48.9 Å². The van der Waals surface area contributed by atoms with E-state index in [1.165, 1.54) is 4.90 Å². The van der Waals surface area contributed by atoms with Gasteiger partial charge in [-0.2, -0.15) is 0 Å². The van der Waals surface area contributed by atoms with E-state index >= 15 is 0 Å². The number of allylic oxidation sites excluding steroid dienone is 2. The lowest BCUT2D eigenvalue weighted by Crippen LogP contribution is -2.29. The Morgan fingerprint density at radius 1 is 1.13 bits per heavy atom. The van der Waals surface area contributed by atoms with Crippen LogP contribution < -0.4 is 5.32 Å². The zero-order valence-electron chi connectivity index (χ0n) is 16.8. The molecule has 0 fully saturated rings. The summed E-state index contributed by atoms with van der Waals surface area (Å²) in [4.78, 5) is 14.6. The van der Waals surface area contributed by atoms with Crippen LogP contribution in [0.4, 0.5) is 5.88 Å². The standard InChI is InChI=1S/C24H22N2O3S/c1-13-21-22(14-7-9-16(30-2)10-8-14)23-18(25-24(21)29-26-13)11-15(12-20(23)28)17-5-3-4-6-19(17)27/h3-10,15,22,25,27H,11-12H2,1-2H3/t15-,22-/m0/s1. The number of carbonyl (C=O) groups is 1. The molecule has 2 aliphatic rings. The summed E-state index contributed by atoms with van der Waals surface area (Å²) in [6, 6.07) is 15.6. The van der Waals surface area contributed by atoms with Gasteiger partial charge in [0, 0.05) is 34.4 Å². The normalized spacial score (nSPS) is 20.5. The van der Waals surface area contributed by atoms with Gasteiger partial charge in [0.15, 0.2) is 5.78 Å². The molecular weight excluding hydrogens is 396 g/mol. The van der Waals surface area contributed by atoms with E-state index in [4.69, 9.17) is 4.52 Å². The van der Waals surface area contributed by atoms with Gasteiger partial charge < -0.3 is 14.9 Å². The minimum atomic E-state index is -0.198. The topological polar surface area (TPSA) is 75.4 Å². The minimum absolute atomic E-state index is 0.0740. The van der Waals surface area contributed by atoms with Crippen LogP contribution in [0.5, 0.6) is 5.75 Å². The number of aromatic hydroxyl groups is 1. The fourth-order valence-corrected chi connectivity index (χ4v) is 5.06. The second kappa shape index (κ2) is 7.36. The van der Waals surface area contributed by atoms with E-state index in [0.717, 1.165) is 33.7 Å². The summed E-state index contributed by atoms with van der Waals surface area (Å²) >= 11 is 1.69. The zero-order valence-corrected chi connectivity index (χ0v) is 17.6. The highest BCUT2D eigenvalue weighted by Gasteiger charge is 2.41. The van der Waals surface area contributed by atoms with Crippen molar-refractivity contribution in [2.75, 3.05) is 11.6 Å². The van der Waals surface area contributed by atoms with E-state index in [0.29, 0.717) is 18.7 Å². The molecule has 2 aromatic carbocycles. The molecule has 30 heavy (non-hydrogen) atoms. The lowest BCUT2D eigenvalue weighted by Gasteiger charge is -2.34. The van der Waals surface area contributed by atoms with Crippen LogP contribution in [-0.2, 0) is 4.79 Å². The Kier molecular flexibility index (Phi) is 4.66. The SMILES string of the molecule is CSc1ccc([C@@H]2C3=C(C[C@H](c4ccccc4O)CC3=O)Nc3onc(C)c32)cc1. The number of nitrogens with one attached hydrogen (secondary N) is 1. The molecule has 0 bridgehead atoms. The Balaban J connectivity index is 1.61. The number of ketones is 1. The quantitative estimate of drug-likeness (QED) is 0.557. The lowest BCUT2D eigenvalue weighted by atomic mass is 9.72. The number of thioether (sulfide) groups is 1. The van der Waals surface area contributed by atoms with E-state index < -0.39 is 0 Å². The van der Waals surface area contributed by atoms with Crippen molar-refractivity contribution in [1.29, 1.82) is 0 Å². The van der Waals surface area contributed by atoms with Gasteiger partial charge in [0.05, 0.1) is 11.3 Å². The highest BCUT2D eigenvalue weighted by Crippen LogP contribution is 2.49. The summed E-state index contributed by atoms with van der Waals surface area (Å²) in [5.41, 5.74) is 5.24. The van der Waals surface area contributed by atoms with E-state index in [1.54, 1.807) is 23.9 Å². The number of phenolic OH excluding ortho intramolecular Hbond substituents is 1. The molecule has 1 aliphatic carbocycles. The predicted octanol–water partition coefficient (Wildman–Crippen LogP) is 5.37. The fourth-order valence-electron chi connectivity index (χ4n) is 4.65. The van der Waals surface area contributed by atoms with E-state index in [1.807, 2.05) is 25.3 Å². The summed E-state index contributed by atoms with van der Waals surface area (Å²) in [5, 5.41) is 17.8. The third kappa shape index (κ3) is 3.03. The molecule has 5 rings (SSSR count). The van der Waals surface area contributed by atoms with Crippen molar-refractivity contribution in [3.63, 3.8) is 0 Å². The van der Waals surface area contributed by atoms with Crippen LogP contribution in [-0.4, -0.2) is 22.3 Å². The number of Topliss-reactive ketones (excluding diaryl/α,β-unsaturated/α-hetero) is 1. The van der Waals surface area contributed by atoms with Crippen molar-refractivity contribution in [3.8, 4) is 5.75 Å². The number of phenols is 1. The van der Waals surface area contributed by atoms with Crippen LogP contribution in [0, 0.1) is 6.92 Å². The van der Waals surface area contributed by atoms with Gasteiger partial charge in [-0.25, -0.2) is 0 Å². The van der Waals surface area contributed by atoms with Gasteiger partial charge in [-0.3, -0.25) is 4.79 Å². The summed E-state index contributed by atoms with van der Waals surface area (Å²) in [5.74, 6) is 0.667. The van der Waals surface area contributed by atoms with Crippen LogP contribution in [0.2, 0.25) is 0 Å². The molecule has 0 unspecified atom stereocenters. The van der Waals surface area contributed by atoms with Crippen LogP contribution in [0.1, 0.15) is 47.1 Å². The number of fused-ring (bicyclic) bond motifs is 1. The molecule has 0 saturated heterocycles. The molecular formula is C24H22N2O3S. The first-order valence-electron chi connectivity index (χ1n) is 9.98. The number of aromatic nitrogens is 1. The van der Waals surface area contributed by atoms with Gasteiger partial charge in [0.2, 0.25) is 5.88 Å². The van der Waals surface area contributed by atoms with Crippen molar-refractivity contribution >= 4 is 23.4 Å². The van der Waals surface area contributed by atoms with Gasteiger partial charge in [0.1, 0.15) is 5.75 Å². The van der Waals surface area contributed by atoms with Crippen molar-refractivity contribution < 1.29 is 14.4 Å². The second-order valence-corrected chi connectivity index (χ2v) is 8.70. The molecule has 5 nitrogen and oxygen atoms in total. The summed E-state index contributed by atoms with van der Waals surface area (Å²) in [6.45, 7) is 1.91. The highest BCUT2D eigenvalue weighted by molar-refractivity contribution is 7.98. The fraction of sp³-hybridized carbons (Fsp3) is 0.250. The number of nitrogens with zero attached hydrogens (tertiary/aromatic N) is 1. The maximum absolute atomic E-state index is 13.4. The molecule has 0 spiro atoms. The highest BCUT2D eigenvalue weighted by atomic mass is 32.2. The summed E-state index contributed by atoms with van der Waals surface area (Å²) < 4.78 is 5.57. The van der Waals surface area contributed by atoms with E-state index in [9.17, 15) is 9.90 Å². The van der Waals surface area contributed by atoms with Gasteiger partial charge in [0.25, 0.3) is 0 Å².